The average molecular weight is 355 g/mol. The summed E-state index contributed by atoms with van der Waals surface area (Å²) in [5, 5.41) is 4.50. The zero-order valence-electron chi connectivity index (χ0n) is 16.2. The lowest BCUT2D eigenvalue weighted by atomic mass is 10.0. The second-order valence-corrected chi connectivity index (χ2v) is 7.48. The lowest BCUT2D eigenvalue weighted by molar-refractivity contribution is -0.0394. The van der Waals surface area contributed by atoms with E-state index in [-0.39, 0.29) is 24.2 Å². The van der Waals surface area contributed by atoms with Crippen LogP contribution >= 0.6 is 0 Å². The lowest BCUT2D eigenvalue weighted by Gasteiger charge is -2.31. The highest BCUT2D eigenvalue weighted by Crippen LogP contribution is 2.28. The van der Waals surface area contributed by atoms with Crippen molar-refractivity contribution in [2.24, 2.45) is 0 Å². The van der Waals surface area contributed by atoms with E-state index >= 15 is 0 Å². The van der Waals surface area contributed by atoms with E-state index in [1.807, 2.05) is 46.2 Å². The van der Waals surface area contributed by atoms with Gasteiger partial charge >= 0.3 is 0 Å². The second-order valence-electron chi connectivity index (χ2n) is 7.48. The van der Waals surface area contributed by atoms with Gasteiger partial charge < -0.3 is 9.64 Å². The molecule has 5 nitrogen and oxygen atoms in total. The van der Waals surface area contributed by atoms with Crippen LogP contribution in [0.15, 0.2) is 36.7 Å². The minimum Gasteiger partial charge on any atom is -0.357 e. The summed E-state index contributed by atoms with van der Waals surface area (Å²) < 4.78 is 7.70. The topological polar surface area (TPSA) is 47.4 Å². The van der Waals surface area contributed by atoms with Crippen molar-refractivity contribution in [3.8, 4) is 11.1 Å². The summed E-state index contributed by atoms with van der Waals surface area (Å²) >= 11 is 0. The number of hydrogen-bond donors (Lipinski definition) is 0. The molecule has 1 fully saturated rings. The van der Waals surface area contributed by atoms with Crippen molar-refractivity contribution in [1.29, 1.82) is 0 Å². The molecular formula is C21H29N3O2. The molecule has 1 aliphatic rings. The first-order valence-electron chi connectivity index (χ1n) is 9.57. The van der Waals surface area contributed by atoms with Crippen LogP contribution in [0, 0.1) is 0 Å². The van der Waals surface area contributed by atoms with Crippen LogP contribution < -0.4 is 0 Å². The van der Waals surface area contributed by atoms with Crippen molar-refractivity contribution in [3.63, 3.8) is 0 Å². The molecule has 1 aromatic heterocycles. The standard InChI is InChI=1S/C21H29N3O2/c1-15(2)24(16(3)4)21(25)19-10-6-5-9-18(19)17-13-22-23(14-17)20-11-7-8-12-26-20/h5-6,9-10,13-16,20H,7-8,11-12H2,1-4H3/t20-/m1/s1. The van der Waals surface area contributed by atoms with Crippen LogP contribution in [-0.2, 0) is 4.74 Å². The van der Waals surface area contributed by atoms with Crippen LogP contribution in [0.25, 0.3) is 11.1 Å². The van der Waals surface area contributed by atoms with Gasteiger partial charge in [-0.2, -0.15) is 5.10 Å². The smallest absolute Gasteiger partial charge is 0.254 e. The van der Waals surface area contributed by atoms with Crippen LogP contribution in [0.3, 0.4) is 0 Å². The predicted octanol–water partition coefficient (Wildman–Crippen LogP) is 4.51. The Balaban J connectivity index is 1.92. The maximum absolute atomic E-state index is 13.2. The zero-order chi connectivity index (χ0) is 18.7. The summed E-state index contributed by atoms with van der Waals surface area (Å²) in [6.45, 7) is 9.00. The van der Waals surface area contributed by atoms with E-state index in [4.69, 9.17) is 4.74 Å². The average Bonchev–Trinajstić information content (AvgIpc) is 3.12. The van der Waals surface area contributed by atoms with Gasteiger partial charge in [0, 0.05) is 36.0 Å². The van der Waals surface area contributed by atoms with Crippen molar-refractivity contribution in [3.05, 3.63) is 42.2 Å². The molecule has 0 N–H and O–H groups in total. The lowest BCUT2D eigenvalue weighted by Crippen LogP contribution is -2.42. The highest BCUT2D eigenvalue weighted by molar-refractivity contribution is 6.01. The van der Waals surface area contributed by atoms with Crippen LogP contribution in [-0.4, -0.2) is 39.3 Å². The third-order valence-electron chi connectivity index (χ3n) is 4.87. The summed E-state index contributed by atoms with van der Waals surface area (Å²) in [5.41, 5.74) is 2.60. The number of ether oxygens (including phenoxy) is 1. The molecule has 0 aliphatic carbocycles. The predicted molar refractivity (Wildman–Crippen MR) is 103 cm³/mol. The highest BCUT2D eigenvalue weighted by Gasteiger charge is 2.25. The Kier molecular flexibility index (Phi) is 5.77. The molecule has 3 rings (SSSR count). The Morgan fingerprint density at radius 1 is 1.19 bits per heavy atom. The number of carbonyl (C=O) groups excluding carboxylic acids is 1. The van der Waals surface area contributed by atoms with Gasteiger partial charge in [-0.05, 0) is 58.6 Å². The number of amides is 1. The Morgan fingerprint density at radius 2 is 1.92 bits per heavy atom. The molecule has 1 aliphatic heterocycles. The van der Waals surface area contributed by atoms with Gasteiger partial charge in [0.2, 0.25) is 0 Å². The number of hydrogen-bond acceptors (Lipinski definition) is 3. The van der Waals surface area contributed by atoms with Gasteiger partial charge in [0.1, 0.15) is 6.23 Å². The molecule has 0 spiro atoms. The van der Waals surface area contributed by atoms with Crippen molar-refractivity contribution in [1.82, 2.24) is 14.7 Å². The number of rotatable bonds is 5. The molecule has 0 bridgehead atoms. The molecule has 1 saturated heterocycles. The fraction of sp³-hybridized carbons (Fsp3) is 0.524. The van der Waals surface area contributed by atoms with E-state index in [0.29, 0.717) is 0 Å². The van der Waals surface area contributed by atoms with Crippen molar-refractivity contribution in [2.75, 3.05) is 6.61 Å². The number of nitrogens with zero attached hydrogens (tertiary/aromatic N) is 3. The first-order chi connectivity index (χ1) is 12.5. The van der Waals surface area contributed by atoms with Crippen LogP contribution in [0.2, 0.25) is 0 Å². The summed E-state index contributed by atoms with van der Waals surface area (Å²) in [4.78, 5) is 15.1. The van der Waals surface area contributed by atoms with Gasteiger partial charge in [-0.25, -0.2) is 4.68 Å². The Bertz CT molecular complexity index is 737. The largest absolute Gasteiger partial charge is 0.357 e. The monoisotopic (exact) mass is 355 g/mol. The molecule has 140 valence electrons. The molecule has 5 heteroatoms. The zero-order valence-corrected chi connectivity index (χ0v) is 16.2. The van der Waals surface area contributed by atoms with Crippen LogP contribution in [0.4, 0.5) is 0 Å². The summed E-state index contributed by atoms with van der Waals surface area (Å²) in [6.07, 6.45) is 7.09. The summed E-state index contributed by atoms with van der Waals surface area (Å²) in [6, 6.07) is 8.08. The van der Waals surface area contributed by atoms with E-state index in [2.05, 4.69) is 32.8 Å². The summed E-state index contributed by atoms with van der Waals surface area (Å²) in [7, 11) is 0. The molecule has 1 amide bonds. The molecular weight excluding hydrogens is 326 g/mol. The third kappa shape index (κ3) is 3.83. The fourth-order valence-electron chi connectivity index (χ4n) is 3.69. The molecule has 1 aromatic carbocycles. The molecule has 1 atom stereocenters. The maximum Gasteiger partial charge on any atom is 0.254 e. The number of carbonyl (C=O) groups is 1. The molecule has 2 heterocycles. The SMILES string of the molecule is CC(C)N(C(=O)c1ccccc1-c1cnn([C@H]2CCCCO2)c1)C(C)C. The number of benzene rings is 1. The molecule has 0 radical (unpaired) electrons. The van der Waals surface area contributed by atoms with E-state index in [0.717, 1.165) is 42.6 Å². The van der Waals surface area contributed by atoms with Gasteiger partial charge in [-0.1, -0.05) is 18.2 Å². The summed E-state index contributed by atoms with van der Waals surface area (Å²) in [5.74, 6) is 0.0623. The number of aromatic nitrogens is 2. The van der Waals surface area contributed by atoms with Crippen molar-refractivity contribution < 1.29 is 9.53 Å². The van der Waals surface area contributed by atoms with Gasteiger partial charge in [0.25, 0.3) is 5.91 Å². The Morgan fingerprint density at radius 3 is 2.58 bits per heavy atom. The Hall–Kier alpha value is -2.14. The Labute approximate surface area is 156 Å². The van der Waals surface area contributed by atoms with E-state index in [1.54, 1.807) is 0 Å². The molecule has 0 unspecified atom stereocenters. The third-order valence-corrected chi connectivity index (χ3v) is 4.87. The van der Waals surface area contributed by atoms with E-state index in [9.17, 15) is 4.79 Å². The fourth-order valence-corrected chi connectivity index (χ4v) is 3.69. The van der Waals surface area contributed by atoms with Crippen LogP contribution in [0.5, 0.6) is 0 Å². The minimum atomic E-state index is 0.00295. The minimum absolute atomic E-state index is 0.00295. The van der Waals surface area contributed by atoms with E-state index in [1.165, 1.54) is 0 Å². The van der Waals surface area contributed by atoms with Gasteiger partial charge in [-0.15, -0.1) is 0 Å². The van der Waals surface area contributed by atoms with E-state index < -0.39 is 0 Å². The first kappa shape index (κ1) is 18.6. The van der Waals surface area contributed by atoms with Gasteiger partial charge in [0.05, 0.1) is 6.20 Å². The molecule has 26 heavy (non-hydrogen) atoms. The quantitative estimate of drug-likeness (QED) is 0.793. The molecule has 0 saturated carbocycles. The van der Waals surface area contributed by atoms with Crippen molar-refractivity contribution >= 4 is 5.91 Å². The van der Waals surface area contributed by atoms with Crippen LogP contribution in [0.1, 0.15) is 63.5 Å². The second kappa shape index (κ2) is 8.04. The van der Waals surface area contributed by atoms with Gasteiger partial charge in [-0.3, -0.25) is 4.79 Å². The van der Waals surface area contributed by atoms with Gasteiger partial charge in [0.15, 0.2) is 0 Å². The normalized spacial score (nSPS) is 17.7. The maximum atomic E-state index is 13.2. The molecule has 2 aromatic rings. The first-order valence-corrected chi connectivity index (χ1v) is 9.57. The highest BCUT2D eigenvalue weighted by atomic mass is 16.5. The van der Waals surface area contributed by atoms with Crippen molar-refractivity contribution in [2.45, 2.75) is 65.3 Å².